The third-order valence-electron chi connectivity index (χ3n) is 6.74. The van der Waals surface area contributed by atoms with Crippen LogP contribution in [0.2, 0.25) is 0 Å². The first-order valence-electron chi connectivity index (χ1n) is 10.2. The summed E-state index contributed by atoms with van der Waals surface area (Å²) < 4.78 is 0. The van der Waals surface area contributed by atoms with Crippen molar-refractivity contribution < 1.29 is 15.0 Å². The molecule has 142 valence electrons. The first-order valence-corrected chi connectivity index (χ1v) is 10.2. The van der Waals surface area contributed by atoms with Gasteiger partial charge in [0.05, 0.1) is 11.6 Å². The third kappa shape index (κ3) is 3.95. The Bertz CT molecular complexity index is 516. The second-order valence-corrected chi connectivity index (χ2v) is 9.10. The molecule has 0 radical (unpaired) electrons. The predicted molar refractivity (Wildman–Crippen MR) is 99.0 cm³/mol. The minimum atomic E-state index is -1.22. The van der Waals surface area contributed by atoms with Crippen molar-refractivity contribution >= 4 is 5.91 Å². The lowest BCUT2D eigenvalue weighted by molar-refractivity contribution is -0.142. The average Bonchev–Trinajstić information content (AvgIpc) is 3.21. The first kappa shape index (κ1) is 18.9. The Morgan fingerprint density at radius 2 is 1.84 bits per heavy atom. The van der Waals surface area contributed by atoms with Gasteiger partial charge in [0.25, 0.3) is 0 Å². The quantitative estimate of drug-likeness (QED) is 0.749. The fraction of sp³-hybridized carbons (Fsp3) is 0.857. The Kier molecular flexibility index (Phi) is 5.60. The summed E-state index contributed by atoms with van der Waals surface area (Å²) in [5, 5.41) is 21.5. The first-order chi connectivity index (χ1) is 11.8. The molecule has 3 rings (SSSR count). The molecule has 4 atom stereocenters. The second-order valence-electron chi connectivity index (χ2n) is 9.10. The van der Waals surface area contributed by atoms with E-state index in [1.54, 1.807) is 19.4 Å². The Labute approximate surface area is 152 Å². The number of hydrogen-bond donors (Lipinski definition) is 2. The molecule has 4 unspecified atom stereocenters. The molecule has 1 amide bonds. The number of allylic oxidation sites excluding steroid dienone is 1. The van der Waals surface area contributed by atoms with Gasteiger partial charge < -0.3 is 15.1 Å². The average molecular weight is 350 g/mol. The number of likely N-dealkylation sites (tertiary alicyclic amines) is 1. The molecule has 2 aliphatic carbocycles. The van der Waals surface area contributed by atoms with Crippen LogP contribution >= 0.6 is 0 Å². The highest BCUT2D eigenvalue weighted by Crippen LogP contribution is 2.42. The van der Waals surface area contributed by atoms with Crippen molar-refractivity contribution in [3.05, 3.63) is 11.6 Å². The van der Waals surface area contributed by atoms with Crippen LogP contribution in [0, 0.1) is 17.8 Å². The van der Waals surface area contributed by atoms with Crippen LogP contribution in [0.3, 0.4) is 0 Å². The van der Waals surface area contributed by atoms with E-state index in [1.165, 1.54) is 25.7 Å². The molecule has 1 saturated carbocycles. The Balaban J connectivity index is 1.92. The molecule has 0 aromatic heterocycles. The van der Waals surface area contributed by atoms with Gasteiger partial charge in [-0.2, -0.15) is 0 Å². The van der Waals surface area contributed by atoms with E-state index in [0.29, 0.717) is 24.8 Å². The molecular weight excluding hydrogens is 314 g/mol. The number of aliphatic hydroxyl groups excluding tert-OH is 1. The van der Waals surface area contributed by atoms with Crippen molar-refractivity contribution in [2.24, 2.45) is 17.8 Å². The minimum absolute atomic E-state index is 0.127. The Hall–Kier alpha value is -0.870. The van der Waals surface area contributed by atoms with Crippen LogP contribution in [0.4, 0.5) is 0 Å². The molecular formula is C21H35NO3. The van der Waals surface area contributed by atoms with Crippen LogP contribution in [0.25, 0.3) is 0 Å². The molecule has 4 nitrogen and oxygen atoms in total. The van der Waals surface area contributed by atoms with E-state index < -0.39 is 11.7 Å². The van der Waals surface area contributed by atoms with Gasteiger partial charge in [0, 0.05) is 18.9 Å². The van der Waals surface area contributed by atoms with Gasteiger partial charge in [0.2, 0.25) is 5.91 Å². The van der Waals surface area contributed by atoms with Crippen LogP contribution in [0.5, 0.6) is 0 Å². The summed E-state index contributed by atoms with van der Waals surface area (Å²) in [6.45, 7) is 6.24. The van der Waals surface area contributed by atoms with Crippen LogP contribution in [-0.2, 0) is 4.79 Å². The molecule has 0 spiro atoms. The monoisotopic (exact) mass is 349 g/mol. The molecule has 25 heavy (non-hydrogen) atoms. The highest BCUT2D eigenvalue weighted by molar-refractivity contribution is 5.78. The molecule has 4 heteroatoms. The van der Waals surface area contributed by atoms with Gasteiger partial charge in [-0.25, -0.2) is 0 Å². The van der Waals surface area contributed by atoms with Crippen molar-refractivity contribution in [2.75, 3.05) is 6.54 Å². The smallest absolute Gasteiger partial charge is 0.222 e. The van der Waals surface area contributed by atoms with E-state index in [4.69, 9.17) is 0 Å². The zero-order chi connectivity index (χ0) is 18.2. The zero-order valence-corrected chi connectivity index (χ0v) is 16.1. The van der Waals surface area contributed by atoms with Gasteiger partial charge in [0.15, 0.2) is 0 Å². The number of amides is 1. The maximum atomic E-state index is 12.4. The van der Waals surface area contributed by atoms with Crippen molar-refractivity contribution in [3.8, 4) is 0 Å². The highest BCUT2D eigenvalue weighted by atomic mass is 16.3. The molecule has 0 aromatic carbocycles. The Morgan fingerprint density at radius 3 is 2.40 bits per heavy atom. The topological polar surface area (TPSA) is 60.8 Å². The van der Waals surface area contributed by atoms with Crippen LogP contribution in [-0.4, -0.2) is 45.3 Å². The second kappa shape index (κ2) is 7.40. The summed E-state index contributed by atoms with van der Waals surface area (Å²) in [6.07, 6.45) is 10.4. The van der Waals surface area contributed by atoms with Crippen LogP contribution in [0.1, 0.15) is 72.1 Å². The van der Waals surface area contributed by atoms with Crippen LogP contribution < -0.4 is 0 Å². The lowest BCUT2D eigenvalue weighted by atomic mass is 9.71. The van der Waals surface area contributed by atoms with Crippen molar-refractivity contribution in [2.45, 2.75) is 89.9 Å². The molecule has 2 fully saturated rings. The number of carbonyl (C=O) groups is 1. The fourth-order valence-corrected chi connectivity index (χ4v) is 5.14. The summed E-state index contributed by atoms with van der Waals surface area (Å²) in [6, 6.07) is -0.318. The molecule has 1 heterocycles. The lowest BCUT2D eigenvalue weighted by Gasteiger charge is -2.45. The summed E-state index contributed by atoms with van der Waals surface area (Å²) in [4.78, 5) is 14.3. The highest BCUT2D eigenvalue weighted by Gasteiger charge is 2.45. The molecule has 0 bridgehead atoms. The summed E-state index contributed by atoms with van der Waals surface area (Å²) in [7, 11) is 0. The number of hydrogen-bond acceptors (Lipinski definition) is 3. The van der Waals surface area contributed by atoms with E-state index in [0.717, 1.165) is 19.3 Å². The predicted octanol–water partition coefficient (Wildman–Crippen LogP) is 3.27. The van der Waals surface area contributed by atoms with Crippen molar-refractivity contribution in [3.63, 3.8) is 0 Å². The molecule has 2 N–H and O–H groups in total. The van der Waals surface area contributed by atoms with Gasteiger partial charge in [-0.3, -0.25) is 4.79 Å². The largest absolute Gasteiger partial charge is 0.388 e. The van der Waals surface area contributed by atoms with Crippen molar-refractivity contribution in [1.82, 2.24) is 4.90 Å². The molecule has 1 saturated heterocycles. The lowest BCUT2D eigenvalue weighted by Crippen LogP contribution is -2.57. The SMILES string of the molecule is CC1CCC(C2CCCC2)=CC1C(C(O)C(C)(C)O)N1CCCC1=O. The number of nitrogens with zero attached hydrogens (tertiary/aromatic N) is 1. The van der Waals surface area contributed by atoms with E-state index in [2.05, 4.69) is 13.0 Å². The maximum absolute atomic E-state index is 12.4. The van der Waals surface area contributed by atoms with Crippen LogP contribution in [0.15, 0.2) is 11.6 Å². The van der Waals surface area contributed by atoms with Gasteiger partial charge >= 0.3 is 0 Å². The number of rotatable bonds is 5. The fourth-order valence-electron chi connectivity index (χ4n) is 5.14. The number of carbonyl (C=O) groups excluding carboxylic acids is 1. The normalized spacial score (nSPS) is 31.3. The third-order valence-corrected chi connectivity index (χ3v) is 6.74. The van der Waals surface area contributed by atoms with E-state index in [-0.39, 0.29) is 17.9 Å². The molecule has 3 aliphatic rings. The van der Waals surface area contributed by atoms with E-state index >= 15 is 0 Å². The van der Waals surface area contributed by atoms with Gasteiger partial charge in [-0.15, -0.1) is 0 Å². The van der Waals surface area contributed by atoms with Crippen molar-refractivity contribution in [1.29, 1.82) is 0 Å². The van der Waals surface area contributed by atoms with Gasteiger partial charge in [-0.05, 0) is 57.8 Å². The molecule has 1 aliphatic heterocycles. The Morgan fingerprint density at radius 1 is 1.16 bits per heavy atom. The number of aliphatic hydroxyl groups is 2. The van der Waals surface area contributed by atoms with E-state index in [1.807, 2.05) is 4.90 Å². The zero-order valence-electron chi connectivity index (χ0n) is 16.1. The molecule has 0 aromatic rings. The van der Waals surface area contributed by atoms with E-state index in [9.17, 15) is 15.0 Å². The summed E-state index contributed by atoms with van der Waals surface area (Å²) >= 11 is 0. The summed E-state index contributed by atoms with van der Waals surface area (Å²) in [5.74, 6) is 1.37. The minimum Gasteiger partial charge on any atom is -0.388 e. The summed E-state index contributed by atoms with van der Waals surface area (Å²) in [5.41, 5.74) is 0.326. The van der Waals surface area contributed by atoms with Gasteiger partial charge in [0.1, 0.15) is 6.10 Å². The maximum Gasteiger partial charge on any atom is 0.222 e. The standard InChI is InChI=1S/C21H35NO3/c1-14-10-11-16(15-7-4-5-8-15)13-17(14)19(20(24)21(2,3)25)22-12-6-9-18(22)23/h13-15,17,19-20,24-25H,4-12H2,1-3H3. The van der Waals surface area contributed by atoms with Gasteiger partial charge in [-0.1, -0.05) is 31.4 Å².